The van der Waals surface area contributed by atoms with Crippen molar-refractivity contribution in [3.63, 3.8) is 0 Å². The minimum absolute atomic E-state index is 0.0587. The summed E-state index contributed by atoms with van der Waals surface area (Å²) in [5.41, 5.74) is 0.934. The number of hydrogen-bond acceptors (Lipinski definition) is 5. The molecule has 1 aromatic rings. The number of nitrogens with one attached hydrogen (secondary N) is 1. The lowest BCUT2D eigenvalue weighted by atomic mass is 9.79. The van der Waals surface area contributed by atoms with Crippen molar-refractivity contribution in [2.45, 2.75) is 37.1 Å². The average molecular weight is 325 g/mol. The number of ether oxygens (including phenoxy) is 1. The average Bonchev–Trinajstić information content (AvgIpc) is 2.49. The summed E-state index contributed by atoms with van der Waals surface area (Å²) < 4.78 is 31.7. The monoisotopic (exact) mass is 325 g/mol. The number of carbonyl (C=O) groups excluding carboxylic acids is 2. The van der Waals surface area contributed by atoms with Gasteiger partial charge in [0.15, 0.2) is 0 Å². The first-order chi connectivity index (χ1) is 10.3. The lowest BCUT2D eigenvalue weighted by Gasteiger charge is -2.27. The van der Waals surface area contributed by atoms with Gasteiger partial charge in [-0.2, -0.15) is 4.72 Å². The standard InChI is InChI=1S/C15H19NO5S/c1-10-3-6-12(7-4-10)22(19,20)16-13(15(18)21-2)9-11-5-8-14(11)17/h3-4,6-7,11,13,16H,5,8-9H2,1-2H3/t11-,13+/m0/s1. The van der Waals surface area contributed by atoms with E-state index in [-0.39, 0.29) is 23.0 Å². The zero-order valence-electron chi connectivity index (χ0n) is 12.5. The molecule has 7 heteroatoms. The normalized spacial score (nSPS) is 19.4. The van der Waals surface area contributed by atoms with E-state index in [9.17, 15) is 18.0 Å². The fraction of sp³-hybridized carbons (Fsp3) is 0.467. The first kappa shape index (κ1) is 16.6. The van der Waals surface area contributed by atoms with Crippen molar-refractivity contribution in [1.82, 2.24) is 4.72 Å². The van der Waals surface area contributed by atoms with Gasteiger partial charge < -0.3 is 4.74 Å². The number of hydrogen-bond donors (Lipinski definition) is 1. The molecule has 0 radical (unpaired) electrons. The molecule has 6 nitrogen and oxygen atoms in total. The number of rotatable bonds is 6. The summed E-state index contributed by atoms with van der Waals surface area (Å²) in [5.74, 6) is -0.899. The van der Waals surface area contributed by atoms with Gasteiger partial charge in [-0.15, -0.1) is 0 Å². The Kier molecular flexibility index (Phi) is 4.97. The SMILES string of the molecule is COC(=O)[C@@H](C[C@@H]1CCC1=O)NS(=O)(=O)c1ccc(C)cc1. The summed E-state index contributed by atoms with van der Waals surface area (Å²) in [6, 6.07) is 5.25. The minimum atomic E-state index is -3.84. The summed E-state index contributed by atoms with van der Waals surface area (Å²) in [7, 11) is -2.65. The van der Waals surface area contributed by atoms with Crippen LogP contribution in [0, 0.1) is 12.8 Å². The Morgan fingerprint density at radius 2 is 2.00 bits per heavy atom. The maximum absolute atomic E-state index is 12.3. The second-order valence-electron chi connectivity index (χ2n) is 5.45. The highest BCUT2D eigenvalue weighted by molar-refractivity contribution is 7.89. The van der Waals surface area contributed by atoms with Crippen molar-refractivity contribution >= 4 is 21.8 Å². The molecule has 1 saturated carbocycles. The Balaban J connectivity index is 2.16. The van der Waals surface area contributed by atoms with E-state index < -0.39 is 22.0 Å². The molecule has 0 spiro atoms. The van der Waals surface area contributed by atoms with Crippen molar-refractivity contribution in [2.24, 2.45) is 5.92 Å². The lowest BCUT2D eigenvalue weighted by Crippen LogP contribution is -2.45. The van der Waals surface area contributed by atoms with Crippen molar-refractivity contribution in [3.8, 4) is 0 Å². The highest BCUT2D eigenvalue weighted by Crippen LogP contribution is 2.27. The predicted octanol–water partition coefficient (Wildman–Crippen LogP) is 1.18. The topological polar surface area (TPSA) is 89.5 Å². The molecule has 1 aliphatic rings. The Bertz CT molecular complexity index is 666. The van der Waals surface area contributed by atoms with Crippen molar-refractivity contribution in [2.75, 3.05) is 7.11 Å². The van der Waals surface area contributed by atoms with Gasteiger partial charge in [-0.1, -0.05) is 17.7 Å². The van der Waals surface area contributed by atoms with E-state index in [4.69, 9.17) is 0 Å². The smallest absolute Gasteiger partial charge is 0.323 e. The van der Waals surface area contributed by atoms with Crippen LogP contribution in [0.3, 0.4) is 0 Å². The molecule has 0 bridgehead atoms. The van der Waals surface area contributed by atoms with Crippen LogP contribution in [0.25, 0.3) is 0 Å². The first-order valence-electron chi connectivity index (χ1n) is 7.03. The highest BCUT2D eigenvalue weighted by atomic mass is 32.2. The van der Waals surface area contributed by atoms with Gasteiger partial charge >= 0.3 is 5.97 Å². The summed E-state index contributed by atoms with van der Waals surface area (Å²) in [4.78, 5) is 23.3. The molecule has 22 heavy (non-hydrogen) atoms. The number of benzene rings is 1. The molecule has 1 aliphatic carbocycles. The van der Waals surface area contributed by atoms with Gasteiger partial charge in [-0.05, 0) is 31.9 Å². The summed E-state index contributed by atoms with van der Waals surface area (Å²) in [5, 5.41) is 0. The van der Waals surface area contributed by atoms with Crippen LogP contribution in [0.15, 0.2) is 29.2 Å². The molecule has 2 atom stereocenters. The number of aryl methyl sites for hydroxylation is 1. The predicted molar refractivity (Wildman–Crippen MR) is 79.7 cm³/mol. The molecule has 0 saturated heterocycles. The lowest BCUT2D eigenvalue weighted by molar-refractivity contribution is -0.143. The van der Waals surface area contributed by atoms with Gasteiger partial charge in [0.2, 0.25) is 10.0 Å². The summed E-state index contributed by atoms with van der Waals surface area (Å²) >= 11 is 0. The van der Waals surface area contributed by atoms with Gasteiger partial charge in [-0.25, -0.2) is 8.42 Å². The Morgan fingerprint density at radius 3 is 2.45 bits per heavy atom. The second kappa shape index (κ2) is 6.58. The van der Waals surface area contributed by atoms with Crippen LogP contribution in [-0.2, 0) is 24.3 Å². The summed E-state index contributed by atoms with van der Waals surface area (Å²) in [6.45, 7) is 1.85. The molecule has 0 unspecified atom stereocenters. The van der Waals surface area contributed by atoms with Crippen LogP contribution in [-0.4, -0.2) is 33.3 Å². The molecular weight excluding hydrogens is 306 g/mol. The maximum atomic E-state index is 12.3. The molecule has 0 aromatic heterocycles. The van der Waals surface area contributed by atoms with Crippen LogP contribution < -0.4 is 4.72 Å². The summed E-state index contributed by atoms with van der Waals surface area (Å²) in [6.07, 6.45) is 1.30. The maximum Gasteiger partial charge on any atom is 0.323 e. The van der Waals surface area contributed by atoms with Gasteiger partial charge in [0.25, 0.3) is 0 Å². The van der Waals surface area contributed by atoms with Crippen molar-refractivity contribution < 1.29 is 22.7 Å². The Morgan fingerprint density at radius 1 is 1.36 bits per heavy atom. The molecule has 1 N–H and O–H groups in total. The van der Waals surface area contributed by atoms with E-state index in [1.165, 1.54) is 19.2 Å². The van der Waals surface area contributed by atoms with Crippen LogP contribution in [0.4, 0.5) is 0 Å². The number of Topliss-reactive ketones (excluding diaryl/α,β-unsaturated/α-hetero) is 1. The quantitative estimate of drug-likeness (QED) is 0.793. The molecular formula is C15H19NO5S. The van der Waals surface area contributed by atoms with E-state index in [1.54, 1.807) is 12.1 Å². The number of sulfonamides is 1. The van der Waals surface area contributed by atoms with Gasteiger partial charge in [0.1, 0.15) is 11.8 Å². The molecule has 0 heterocycles. The zero-order valence-corrected chi connectivity index (χ0v) is 13.4. The van der Waals surface area contributed by atoms with Crippen molar-refractivity contribution in [3.05, 3.63) is 29.8 Å². The van der Waals surface area contributed by atoms with Crippen molar-refractivity contribution in [1.29, 1.82) is 0 Å². The third-order valence-electron chi connectivity index (χ3n) is 3.83. The fourth-order valence-corrected chi connectivity index (χ4v) is 3.51. The Labute approximate surface area is 129 Å². The molecule has 1 aromatic carbocycles. The van der Waals surface area contributed by atoms with E-state index >= 15 is 0 Å². The van der Waals surface area contributed by atoms with Gasteiger partial charge in [0.05, 0.1) is 12.0 Å². The van der Waals surface area contributed by atoms with Gasteiger partial charge in [-0.3, -0.25) is 9.59 Å². The van der Waals surface area contributed by atoms with E-state index in [0.29, 0.717) is 12.8 Å². The Hall–Kier alpha value is -1.73. The zero-order chi connectivity index (χ0) is 16.3. The first-order valence-corrected chi connectivity index (χ1v) is 8.51. The molecule has 1 fully saturated rings. The number of methoxy groups -OCH3 is 1. The molecule has 120 valence electrons. The fourth-order valence-electron chi connectivity index (χ4n) is 2.31. The number of esters is 1. The van der Waals surface area contributed by atoms with Crippen LogP contribution in [0.1, 0.15) is 24.8 Å². The third kappa shape index (κ3) is 3.72. The van der Waals surface area contributed by atoms with Crippen LogP contribution in [0.5, 0.6) is 0 Å². The van der Waals surface area contributed by atoms with E-state index in [1.807, 2.05) is 6.92 Å². The number of ketones is 1. The highest BCUT2D eigenvalue weighted by Gasteiger charge is 2.35. The largest absolute Gasteiger partial charge is 0.468 e. The molecule has 2 rings (SSSR count). The minimum Gasteiger partial charge on any atom is -0.468 e. The van der Waals surface area contributed by atoms with Crippen LogP contribution >= 0.6 is 0 Å². The number of carbonyl (C=O) groups is 2. The molecule has 0 amide bonds. The second-order valence-corrected chi connectivity index (χ2v) is 7.16. The third-order valence-corrected chi connectivity index (χ3v) is 5.32. The van der Waals surface area contributed by atoms with Gasteiger partial charge in [0, 0.05) is 12.3 Å². The van der Waals surface area contributed by atoms with Crippen LogP contribution in [0.2, 0.25) is 0 Å². The van der Waals surface area contributed by atoms with E-state index in [2.05, 4.69) is 9.46 Å². The van der Waals surface area contributed by atoms with E-state index in [0.717, 1.165) is 5.56 Å². The molecule has 0 aliphatic heterocycles.